The summed E-state index contributed by atoms with van der Waals surface area (Å²) in [5.74, 6) is 1.13. The van der Waals surface area contributed by atoms with Crippen molar-refractivity contribution in [2.24, 2.45) is 4.99 Å². The molecule has 134 valence electrons. The molecular weight excluding hydrogens is 360 g/mol. The van der Waals surface area contributed by atoms with E-state index in [-0.39, 0.29) is 17.2 Å². The van der Waals surface area contributed by atoms with E-state index in [0.717, 1.165) is 29.4 Å². The van der Waals surface area contributed by atoms with Crippen LogP contribution in [0.4, 0.5) is 5.69 Å². The minimum absolute atomic E-state index is 0.0385. The van der Waals surface area contributed by atoms with E-state index >= 15 is 0 Å². The van der Waals surface area contributed by atoms with Gasteiger partial charge in [0.25, 0.3) is 0 Å². The fraction of sp³-hybridized carbons (Fsp3) is 0.333. The van der Waals surface area contributed by atoms with Crippen LogP contribution in [0.3, 0.4) is 0 Å². The summed E-state index contributed by atoms with van der Waals surface area (Å²) in [6, 6.07) is 16.7. The number of fused-ring (bicyclic) bond motifs is 1. The number of carbonyl (C=O) groups is 1. The second-order valence-electron chi connectivity index (χ2n) is 6.73. The molecular formula is C21H22N2OS2. The zero-order chi connectivity index (χ0) is 18.1. The van der Waals surface area contributed by atoms with E-state index in [1.807, 2.05) is 23.1 Å². The molecule has 2 aromatic rings. The molecule has 0 aromatic heterocycles. The molecule has 4 rings (SSSR count). The van der Waals surface area contributed by atoms with Crippen LogP contribution in [-0.4, -0.2) is 33.0 Å². The van der Waals surface area contributed by atoms with Crippen molar-refractivity contribution in [2.45, 2.75) is 42.9 Å². The number of thioether (sulfide) groups is 2. The predicted octanol–water partition coefficient (Wildman–Crippen LogP) is 5.05. The number of benzene rings is 2. The molecule has 0 N–H and O–H groups in total. The SMILES string of the molecule is CCC1CSC(=Nc2ccc(C)cc2)N1C(=O)C1Cc2ccccc2S1. The number of amidine groups is 1. The third-order valence-corrected chi connectivity index (χ3v) is 7.27. The van der Waals surface area contributed by atoms with Gasteiger partial charge in [0.2, 0.25) is 5.91 Å². The molecule has 1 amide bonds. The van der Waals surface area contributed by atoms with Crippen molar-refractivity contribution in [1.82, 2.24) is 4.90 Å². The van der Waals surface area contributed by atoms with Gasteiger partial charge in [0, 0.05) is 16.7 Å². The maximum atomic E-state index is 13.4. The van der Waals surface area contributed by atoms with Gasteiger partial charge in [-0.25, -0.2) is 4.99 Å². The summed E-state index contributed by atoms with van der Waals surface area (Å²) in [4.78, 5) is 21.4. The monoisotopic (exact) mass is 382 g/mol. The van der Waals surface area contributed by atoms with Crippen LogP contribution in [-0.2, 0) is 11.2 Å². The van der Waals surface area contributed by atoms with Crippen molar-refractivity contribution < 1.29 is 4.79 Å². The summed E-state index contributed by atoms with van der Waals surface area (Å²) in [5, 5.41) is 0.811. The van der Waals surface area contributed by atoms with Gasteiger partial charge in [-0.3, -0.25) is 9.69 Å². The fourth-order valence-electron chi connectivity index (χ4n) is 3.34. The summed E-state index contributed by atoms with van der Waals surface area (Å²) >= 11 is 3.40. The lowest BCUT2D eigenvalue weighted by molar-refractivity contribution is -0.127. The normalized spacial score (nSPS) is 23.5. The molecule has 0 radical (unpaired) electrons. The van der Waals surface area contributed by atoms with E-state index < -0.39 is 0 Å². The van der Waals surface area contributed by atoms with Gasteiger partial charge in [0.05, 0.1) is 10.9 Å². The first-order valence-corrected chi connectivity index (χ1v) is 10.9. The third-order valence-electron chi connectivity index (χ3n) is 4.87. The maximum Gasteiger partial charge on any atom is 0.242 e. The standard InChI is InChI=1S/C21H22N2OS2/c1-3-17-13-25-21(22-16-10-8-14(2)9-11-16)23(17)20(24)19-12-15-6-4-5-7-18(15)26-19/h4-11,17,19H,3,12-13H2,1-2H3. The lowest BCUT2D eigenvalue weighted by Crippen LogP contribution is -2.43. The molecule has 2 aliphatic heterocycles. The van der Waals surface area contributed by atoms with Crippen molar-refractivity contribution in [2.75, 3.05) is 5.75 Å². The van der Waals surface area contributed by atoms with Crippen molar-refractivity contribution in [1.29, 1.82) is 0 Å². The highest BCUT2D eigenvalue weighted by Crippen LogP contribution is 2.39. The van der Waals surface area contributed by atoms with Crippen molar-refractivity contribution in [3.63, 3.8) is 0 Å². The maximum absolute atomic E-state index is 13.4. The van der Waals surface area contributed by atoms with E-state index in [0.29, 0.717) is 0 Å². The first kappa shape index (κ1) is 17.7. The number of carbonyl (C=O) groups excluding carboxylic acids is 1. The molecule has 0 spiro atoms. The number of hydrogen-bond donors (Lipinski definition) is 0. The van der Waals surface area contributed by atoms with Gasteiger partial charge in [-0.05, 0) is 43.5 Å². The first-order chi connectivity index (χ1) is 12.7. The Kier molecular flexibility index (Phi) is 5.09. The smallest absolute Gasteiger partial charge is 0.242 e. The van der Waals surface area contributed by atoms with Gasteiger partial charge in [0.15, 0.2) is 5.17 Å². The van der Waals surface area contributed by atoms with Crippen LogP contribution in [0.1, 0.15) is 24.5 Å². The van der Waals surface area contributed by atoms with Gasteiger partial charge in [-0.2, -0.15) is 0 Å². The summed E-state index contributed by atoms with van der Waals surface area (Å²) in [6.45, 7) is 4.22. The Morgan fingerprint density at radius 1 is 1.19 bits per heavy atom. The summed E-state index contributed by atoms with van der Waals surface area (Å²) < 4.78 is 0. The quantitative estimate of drug-likeness (QED) is 0.744. The Labute approximate surface area is 163 Å². The molecule has 1 saturated heterocycles. The molecule has 1 fully saturated rings. The number of nitrogens with zero attached hydrogens (tertiary/aromatic N) is 2. The minimum atomic E-state index is -0.0385. The number of hydrogen-bond acceptors (Lipinski definition) is 4. The molecule has 2 unspecified atom stereocenters. The van der Waals surface area contributed by atoms with Crippen molar-refractivity contribution >= 4 is 40.3 Å². The van der Waals surface area contributed by atoms with Crippen LogP contribution < -0.4 is 0 Å². The molecule has 2 atom stereocenters. The minimum Gasteiger partial charge on any atom is -0.286 e. The lowest BCUT2D eigenvalue weighted by Gasteiger charge is -2.25. The number of aliphatic imine (C=N–C) groups is 1. The topological polar surface area (TPSA) is 32.7 Å². The molecule has 0 aliphatic carbocycles. The van der Waals surface area contributed by atoms with Crippen LogP contribution in [0, 0.1) is 6.92 Å². The molecule has 2 heterocycles. The molecule has 2 aromatic carbocycles. The number of aryl methyl sites for hydroxylation is 1. The van der Waals surface area contributed by atoms with Gasteiger partial charge >= 0.3 is 0 Å². The number of amides is 1. The number of rotatable bonds is 3. The van der Waals surface area contributed by atoms with E-state index in [1.54, 1.807) is 23.5 Å². The molecule has 5 heteroatoms. The molecule has 26 heavy (non-hydrogen) atoms. The van der Waals surface area contributed by atoms with Crippen LogP contribution in [0.5, 0.6) is 0 Å². The van der Waals surface area contributed by atoms with Gasteiger partial charge in [0.1, 0.15) is 0 Å². The Hall–Kier alpha value is -1.72. The highest BCUT2D eigenvalue weighted by molar-refractivity contribution is 8.14. The van der Waals surface area contributed by atoms with Gasteiger partial charge in [-0.15, -0.1) is 11.8 Å². The Bertz CT molecular complexity index is 822. The Balaban J connectivity index is 1.59. The molecule has 0 bridgehead atoms. The Morgan fingerprint density at radius 2 is 1.96 bits per heavy atom. The molecule has 3 nitrogen and oxygen atoms in total. The largest absolute Gasteiger partial charge is 0.286 e. The van der Waals surface area contributed by atoms with E-state index in [4.69, 9.17) is 4.99 Å². The highest BCUT2D eigenvalue weighted by Gasteiger charge is 2.39. The van der Waals surface area contributed by atoms with Gasteiger partial charge < -0.3 is 0 Å². The summed E-state index contributed by atoms with van der Waals surface area (Å²) in [5.41, 5.74) is 3.41. The highest BCUT2D eigenvalue weighted by atomic mass is 32.2. The third kappa shape index (κ3) is 3.42. The second-order valence-corrected chi connectivity index (χ2v) is 8.96. The van der Waals surface area contributed by atoms with Crippen molar-refractivity contribution in [3.05, 3.63) is 59.7 Å². The first-order valence-electron chi connectivity index (χ1n) is 9.01. The van der Waals surface area contributed by atoms with E-state index in [1.165, 1.54) is 16.0 Å². The fourth-order valence-corrected chi connectivity index (χ4v) is 5.85. The van der Waals surface area contributed by atoms with Crippen LogP contribution in [0.2, 0.25) is 0 Å². The van der Waals surface area contributed by atoms with Crippen LogP contribution >= 0.6 is 23.5 Å². The van der Waals surface area contributed by atoms with Crippen LogP contribution in [0.25, 0.3) is 0 Å². The summed E-state index contributed by atoms with van der Waals surface area (Å²) in [6.07, 6.45) is 1.77. The average Bonchev–Trinajstić information content (AvgIpc) is 3.26. The zero-order valence-corrected chi connectivity index (χ0v) is 16.6. The predicted molar refractivity (Wildman–Crippen MR) is 111 cm³/mol. The van der Waals surface area contributed by atoms with Crippen molar-refractivity contribution in [3.8, 4) is 0 Å². The lowest BCUT2D eigenvalue weighted by atomic mass is 10.1. The van der Waals surface area contributed by atoms with E-state index in [2.05, 4.69) is 44.2 Å². The van der Waals surface area contributed by atoms with E-state index in [9.17, 15) is 4.79 Å². The average molecular weight is 383 g/mol. The Morgan fingerprint density at radius 3 is 2.69 bits per heavy atom. The second kappa shape index (κ2) is 7.49. The van der Waals surface area contributed by atoms with Gasteiger partial charge in [-0.1, -0.05) is 54.6 Å². The summed E-state index contributed by atoms with van der Waals surface area (Å²) in [7, 11) is 0. The molecule has 0 saturated carbocycles. The molecule has 2 aliphatic rings. The van der Waals surface area contributed by atoms with Crippen LogP contribution in [0.15, 0.2) is 58.4 Å². The zero-order valence-electron chi connectivity index (χ0n) is 15.0.